The normalized spacial score (nSPS) is 14.0. The Balaban J connectivity index is 1.71. The zero-order valence-electron chi connectivity index (χ0n) is 15.8. The molecule has 1 aliphatic heterocycles. The number of ether oxygens (including phenoxy) is 2. The van der Waals surface area contributed by atoms with E-state index < -0.39 is 17.6 Å². The zero-order chi connectivity index (χ0) is 21.3. The molecule has 3 aromatic rings. The fourth-order valence-electron chi connectivity index (χ4n) is 3.16. The number of alkyl halides is 3. The third-order valence-electron chi connectivity index (χ3n) is 4.62. The second-order valence-corrected chi connectivity index (χ2v) is 6.47. The molecule has 0 fully saturated rings. The molecule has 1 aromatic heterocycles. The third-order valence-corrected chi connectivity index (χ3v) is 4.62. The van der Waals surface area contributed by atoms with Gasteiger partial charge in [-0.15, -0.1) is 0 Å². The highest BCUT2D eigenvalue weighted by atomic mass is 19.4. The van der Waals surface area contributed by atoms with E-state index in [4.69, 9.17) is 9.47 Å². The summed E-state index contributed by atoms with van der Waals surface area (Å²) in [5, 5.41) is 0. The molecule has 30 heavy (non-hydrogen) atoms. The van der Waals surface area contributed by atoms with Crippen molar-refractivity contribution in [2.75, 3.05) is 25.2 Å². The van der Waals surface area contributed by atoms with Crippen molar-refractivity contribution in [1.29, 1.82) is 0 Å². The first kappa shape index (κ1) is 19.7. The Morgan fingerprint density at radius 2 is 1.90 bits per heavy atom. The molecule has 2 heterocycles. The standard InChI is InChI=1S/C21H16F3N3O3/c1-29-17-8-3-2-7-15(17)18-25-12-16-19(26-18)30-10-9-27(20(16)28)14-6-4-5-13(11-14)21(22,23)24/h2-8,11-12H,9-10H2,1H3. The number of methoxy groups -OCH3 is 1. The van der Waals surface area contributed by atoms with Crippen LogP contribution in [0.4, 0.5) is 18.9 Å². The number of benzene rings is 2. The van der Waals surface area contributed by atoms with E-state index in [1.807, 2.05) is 0 Å². The van der Waals surface area contributed by atoms with Crippen molar-refractivity contribution in [3.05, 3.63) is 65.9 Å². The molecule has 0 saturated carbocycles. The summed E-state index contributed by atoms with van der Waals surface area (Å²) in [6.07, 6.45) is -3.19. The van der Waals surface area contributed by atoms with Gasteiger partial charge in [0.1, 0.15) is 17.9 Å². The van der Waals surface area contributed by atoms with Gasteiger partial charge < -0.3 is 14.4 Å². The summed E-state index contributed by atoms with van der Waals surface area (Å²) < 4.78 is 50.1. The summed E-state index contributed by atoms with van der Waals surface area (Å²) in [5.74, 6) is 0.410. The Kier molecular flexibility index (Phi) is 5.03. The molecule has 0 N–H and O–H groups in total. The van der Waals surface area contributed by atoms with Gasteiger partial charge in [-0.2, -0.15) is 18.2 Å². The van der Waals surface area contributed by atoms with Gasteiger partial charge in [0.05, 0.1) is 24.8 Å². The highest BCUT2D eigenvalue weighted by molar-refractivity contribution is 6.07. The number of anilines is 1. The molecule has 6 nitrogen and oxygen atoms in total. The van der Waals surface area contributed by atoms with Crippen LogP contribution < -0.4 is 14.4 Å². The van der Waals surface area contributed by atoms with Gasteiger partial charge in [-0.1, -0.05) is 18.2 Å². The summed E-state index contributed by atoms with van der Waals surface area (Å²) >= 11 is 0. The van der Waals surface area contributed by atoms with Crippen LogP contribution in [0.1, 0.15) is 15.9 Å². The number of carbonyl (C=O) groups is 1. The number of amides is 1. The quantitative estimate of drug-likeness (QED) is 0.641. The fraction of sp³-hybridized carbons (Fsp3) is 0.190. The molecule has 1 aliphatic rings. The molecule has 0 spiro atoms. The molecular formula is C21H16F3N3O3. The number of rotatable bonds is 3. The smallest absolute Gasteiger partial charge is 0.416 e. The van der Waals surface area contributed by atoms with Crippen LogP contribution in [0.5, 0.6) is 11.6 Å². The maximum atomic E-state index is 13.1. The van der Waals surface area contributed by atoms with Gasteiger partial charge in [-0.25, -0.2) is 4.98 Å². The van der Waals surface area contributed by atoms with Gasteiger partial charge in [0, 0.05) is 11.9 Å². The third kappa shape index (κ3) is 3.66. The van der Waals surface area contributed by atoms with Crippen molar-refractivity contribution in [3.63, 3.8) is 0 Å². The molecule has 154 valence electrons. The topological polar surface area (TPSA) is 64.6 Å². The number of aromatic nitrogens is 2. The first-order valence-corrected chi connectivity index (χ1v) is 9.01. The summed E-state index contributed by atoms with van der Waals surface area (Å²) in [4.78, 5) is 22.9. The van der Waals surface area contributed by atoms with Gasteiger partial charge in [-0.05, 0) is 30.3 Å². The van der Waals surface area contributed by atoms with E-state index in [9.17, 15) is 18.0 Å². The number of carbonyl (C=O) groups excluding carboxylic acids is 1. The average Bonchev–Trinajstić information content (AvgIpc) is 2.91. The molecule has 0 radical (unpaired) electrons. The van der Waals surface area contributed by atoms with E-state index in [1.165, 1.54) is 30.3 Å². The van der Waals surface area contributed by atoms with Crippen LogP contribution in [0.15, 0.2) is 54.7 Å². The number of fused-ring (bicyclic) bond motifs is 1. The molecule has 0 saturated heterocycles. The lowest BCUT2D eigenvalue weighted by Crippen LogP contribution is -2.32. The first-order valence-electron chi connectivity index (χ1n) is 9.01. The van der Waals surface area contributed by atoms with Gasteiger partial charge in [0.25, 0.3) is 5.91 Å². The van der Waals surface area contributed by atoms with Crippen molar-refractivity contribution >= 4 is 11.6 Å². The molecular weight excluding hydrogens is 399 g/mol. The molecule has 1 amide bonds. The monoisotopic (exact) mass is 415 g/mol. The van der Waals surface area contributed by atoms with Crippen LogP contribution in [0, 0.1) is 0 Å². The Hall–Kier alpha value is -3.62. The largest absolute Gasteiger partial charge is 0.496 e. The van der Waals surface area contributed by atoms with Gasteiger partial charge in [-0.3, -0.25) is 4.79 Å². The van der Waals surface area contributed by atoms with Gasteiger partial charge in [0.15, 0.2) is 5.82 Å². The maximum absolute atomic E-state index is 13.1. The minimum absolute atomic E-state index is 0.0668. The van der Waals surface area contributed by atoms with Crippen LogP contribution >= 0.6 is 0 Å². The van der Waals surface area contributed by atoms with Crippen molar-refractivity contribution in [2.24, 2.45) is 0 Å². The SMILES string of the molecule is COc1ccccc1-c1ncc2c(n1)OCCN(c1cccc(C(F)(F)F)c1)C2=O. The highest BCUT2D eigenvalue weighted by Crippen LogP contribution is 2.34. The summed E-state index contributed by atoms with van der Waals surface area (Å²) in [6.45, 7) is 0.137. The minimum Gasteiger partial charge on any atom is -0.496 e. The zero-order valence-corrected chi connectivity index (χ0v) is 15.8. The van der Waals surface area contributed by atoms with Crippen LogP contribution in [0.3, 0.4) is 0 Å². The lowest BCUT2D eigenvalue weighted by Gasteiger charge is -2.21. The predicted octanol–water partition coefficient (Wildman–Crippen LogP) is 4.21. The number of hydrogen-bond acceptors (Lipinski definition) is 5. The van der Waals surface area contributed by atoms with E-state index in [0.29, 0.717) is 17.1 Å². The average molecular weight is 415 g/mol. The molecule has 4 rings (SSSR count). The van der Waals surface area contributed by atoms with Crippen LogP contribution in [-0.4, -0.2) is 36.1 Å². The summed E-state index contributed by atoms with van der Waals surface area (Å²) in [6, 6.07) is 11.7. The van der Waals surface area contributed by atoms with Crippen LogP contribution in [-0.2, 0) is 6.18 Å². The van der Waals surface area contributed by atoms with Crippen LogP contribution in [0.25, 0.3) is 11.4 Å². The molecule has 0 bridgehead atoms. The Labute approximate surface area is 169 Å². The van der Waals surface area contributed by atoms with E-state index in [0.717, 1.165) is 12.1 Å². The maximum Gasteiger partial charge on any atom is 0.416 e. The second-order valence-electron chi connectivity index (χ2n) is 6.47. The molecule has 0 atom stereocenters. The van der Waals surface area contributed by atoms with E-state index in [-0.39, 0.29) is 30.3 Å². The summed E-state index contributed by atoms with van der Waals surface area (Å²) in [5.41, 5.74) is -0.0116. The lowest BCUT2D eigenvalue weighted by atomic mass is 10.1. The second kappa shape index (κ2) is 7.66. The minimum atomic E-state index is -4.51. The molecule has 0 aliphatic carbocycles. The number of nitrogens with zero attached hydrogens (tertiary/aromatic N) is 3. The van der Waals surface area contributed by atoms with E-state index in [1.54, 1.807) is 24.3 Å². The predicted molar refractivity (Wildman–Crippen MR) is 103 cm³/mol. The Morgan fingerprint density at radius 1 is 1.10 bits per heavy atom. The molecule has 9 heteroatoms. The Bertz CT molecular complexity index is 1100. The van der Waals surface area contributed by atoms with Crippen molar-refractivity contribution in [3.8, 4) is 23.0 Å². The van der Waals surface area contributed by atoms with Crippen molar-refractivity contribution in [2.45, 2.75) is 6.18 Å². The molecule has 0 unspecified atom stereocenters. The summed E-state index contributed by atoms with van der Waals surface area (Å²) in [7, 11) is 1.52. The number of halogens is 3. The fourth-order valence-corrected chi connectivity index (χ4v) is 3.16. The van der Waals surface area contributed by atoms with Gasteiger partial charge >= 0.3 is 6.18 Å². The highest BCUT2D eigenvalue weighted by Gasteiger charge is 2.32. The number of para-hydroxylation sites is 1. The van der Waals surface area contributed by atoms with E-state index >= 15 is 0 Å². The first-order chi connectivity index (χ1) is 14.4. The number of hydrogen-bond donors (Lipinski definition) is 0. The Morgan fingerprint density at radius 3 is 2.67 bits per heavy atom. The molecule has 2 aromatic carbocycles. The van der Waals surface area contributed by atoms with Crippen molar-refractivity contribution in [1.82, 2.24) is 9.97 Å². The lowest BCUT2D eigenvalue weighted by molar-refractivity contribution is -0.137. The van der Waals surface area contributed by atoms with E-state index in [2.05, 4.69) is 9.97 Å². The van der Waals surface area contributed by atoms with Gasteiger partial charge in [0.2, 0.25) is 5.88 Å². The van der Waals surface area contributed by atoms with Crippen molar-refractivity contribution < 1.29 is 27.4 Å². The van der Waals surface area contributed by atoms with Crippen LogP contribution in [0.2, 0.25) is 0 Å².